The third-order valence-corrected chi connectivity index (χ3v) is 6.05. The second kappa shape index (κ2) is 10.5. The highest BCUT2D eigenvalue weighted by molar-refractivity contribution is 5.89. The molecule has 0 aromatic heterocycles. The first-order valence-corrected chi connectivity index (χ1v) is 11.2. The maximum absolute atomic E-state index is 12.4. The molecule has 1 fully saturated rings. The van der Waals surface area contributed by atoms with E-state index < -0.39 is 6.10 Å². The standard InChI is InChI=1S/C26H29NO6/c1-31-26(30)20-7-4-18(5-8-20)3-2-14-27-21(10-13-25(27)29)9-11-22(28)15-19-6-12-23-24(16-19)33-17-32-23/h4-9,11-12,16,21-22,28H,2-3,10,13-15,17H2,1H3/t21-,22?/m0/s1. The lowest BCUT2D eigenvalue weighted by atomic mass is 10.1. The minimum Gasteiger partial charge on any atom is -0.465 e. The first kappa shape index (κ1) is 22.9. The summed E-state index contributed by atoms with van der Waals surface area (Å²) in [5.74, 6) is 1.23. The van der Waals surface area contributed by atoms with E-state index in [1.165, 1.54) is 7.11 Å². The fourth-order valence-corrected chi connectivity index (χ4v) is 4.26. The van der Waals surface area contributed by atoms with Crippen molar-refractivity contribution < 1.29 is 28.9 Å². The van der Waals surface area contributed by atoms with Crippen LogP contribution in [0.5, 0.6) is 11.5 Å². The van der Waals surface area contributed by atoms with Crippen molar-refractivity contribution in [2.75, 3.05) is 20.4 Å². The van der Waals surface area contributed by atoms with Gasteiger partial charge in [0.2, 0.25) is 12.7 Å². The topological polar surface area (TPSA) is 85.3 Å². The highest BCUT2D eigenvalue weighted by Crippen LogP contribution is 2.32. The van der Waals surface area contributed by atoms with E-state index in [1.54, 1.807) is 18.2 Å². The van der Waals surface area contributed by atoms with Crippen LogP contribution in [0.2, 0.25) is 0 Å². The molecule has 0 radical (unpaired) electrons. The number of carbonyl (C=O) groups is 2. The second-order valence-corrected chi connectivity index (χ2v) is 8.33. The number of aryl methyl sites for hydroxylation is 1. The van der Waals surface area contributed by atoms with Crippen LogP contribution in [0.1, 0.15) is 40.7 Å². The number of esters is 1. The Morgan fingerprint density at radius 3 is 2.73 bits per heavy atom. The van der Waals surface area contributed by atoms with E-state index in [0.29, 0.717) is 30.7 Å². The summed E-state index contributed by atoms with van der Waals surface area (Å²) in [6.07, 6.45) is 6.49. The van der Waals surface area contributed by atoms with Gasteiger partial charge in [-0.3, -0.25) is 4.79 Å². The van der Waals surface area contributed by atoms with Gasteiger partial charge in [-0.05, 0) is 54.7 Å². The highest BCUT2D eigenvalue weighted by Gasteiger charge is 2.28. The molecule has 2 aromatic rings. The van der Waals surface area contributed by atoms with Crippen LogP contribution < -0.4 is 9.47 Å². The molecule has 1 saturated heterocycles. The van der Waals surface area contributed by atoms with Crippen molar-refractivity contribution in [2.45, 2.75) is 44.2 Å². The summed E-state index contributed by atoms with van der Waals surface area (Å²) < 4.78 is 15.4. The molecule has 0 saturated carbocycles. The number of amides is 1. The number of carbonyl (C=O) groups excluding carboxylic acids is 2. The molecule has 174 valence electrons. The number of nitrogens with zero attached hydrogens (tertiary/aromatic N) is 1. The zero-order chi connectivity index (χ0) is 23.2. The quantitative estimate of drug-likeness (QED) is 0.465. The minimum atomic E-state index is -0.642. The maximum atomic E-state index is 12.4. The number of benzene rings is 2. The fourth-order valence-electron chi connectivity index (χ4n) is 4.26. The van der Waals surface area contributed by atoms with Crippen LogP contribution >= 0.6 is 0 Å². The van der Waals surface area contributed by atoms with Crippen molar-refractivity contribution >= 4 is 11.9 Å². The SMILES string of the molecule is COC(=O)c1ccc(CCCN2C(=O)CC[C@@H]2C=CC(O)Cc2ccc3c(c2)OCO3)cc1. The molecule has 1 N–H and O–H groups in total. The number of hydrogen-bond acceptors (Lipinski definition) is 6. The number of rotatable bonds is 9. The lowest BCUT2D eigenvalue weighted by Gasteiger charge is -2.22. The Bertz CT molecular complexity index is 1020. The first-order chi connectivity index (χ1) is 16.0. The number of ether oxygens (including phenoxy) is 3. The number of methoxy groups -OCH3 is 1. The third-order valence-electron chi connectivity index (χ3n) is 6.05. The molecule has 2 heterocycles. The van der Waals surface area contributed by atoms with Crippen LogP contribution in [0.25, 0.3) is 0 Å². The van der Waals surface area contributed by atoms with Crippen LogP contribution in [0.15, 0.2) is 54.6 Å². The Morgan fingerprint density at radius 2 is 1.94 bits per heavy atom. The third kappa shape index (κ3) is 5.73. The number of hydrogen-bond donors (Lipinski definition) is 1. The second-order valence-electron chi connectivity index (χ2n) is 8.33. The largest absolute Gasteiger partial charge is 0.465 e. The molecule has 0 bridgehead atoms. The van der Waals surface area contributed by atoms with Crippen molar-refractivity contribution in [3.05, 3.63) is 71.3 Å². The monoisotopic (exact) mass is 451 g/mol. The van der Waals surface area contributed by atoms with Crippen LogP contribution in [-0.2, 0) is 22.4 Å². The van der Waals surface area contributed by atoms with Crippen molar-refractivity contribution in [2.24, 2.45) is 0 Å². The Hall–Kier alpha value is -3.32. The van der Waals surface area contributed by atoms with Crippen LogP contribution in [0.3, 0.4) is 0 Å². The molecule has 0 spiro atoms. The molecule has 1 unspecified atom stereocenters. The van der Waals surface area contributed by atoms with Crippen LogP contribution in [-0.4, -0.2) is 54.5 Å². The summed E-state index contributed by atoms with van der Waals surface area (Å²) in [7, 11) is 1.37. The highest BCUT2D eigenvalue weighted by atomic mass is 16.7. The van der Waals surface area contributed by atoms with Gasteiger partial charge in [-0.15, -0.1) is 0 Å². The summed E-state index contributed by atoms with van der Waals surface area (Å²) in [6.45, 7) is 0.885. The summed E-state index contributed by atoms with van der Waals surface area (Å²) in [4.78, 5) is 25.8. The van der Waals surface area contributed by atoms with E-state index in [1.807, 2.05) is 41.3 Å². The van der Waals surface area contributed by atoms with E-state index in [-0.39, 0.29) is 24.7 Å². The van der Waals surface area contributed by atoms with E-state index in [0.717, 1.165) is 36.1 Å². The molecular weight excluding hydrogens is 422 g/mol. The average molecular weight is 452 g/mol. The fraction of sp³-hybridized carbons (Fsp3) is 0.385. The number of likely N-dealkylation sites (tertiary alicyclic amines) is 1. The number of aliphatic hydroxyl groups is 1. The van der Waals surface area contributed by atoms with Gasteiger partial charge in [0.05, 0.1) is 24.8 Å². The molecule has 2 aliphatic rings. The Morgan fingerprint density at radius 1 is 1.18 bits per heavy atom. The zero-order valence-electron chi connectivity index (χ0n) is 18.7. The predicted molar refractivity (Wildman–Crippen MR) is 122 cm³/mol. The van der Waals surface area contributed by atoms with Gasteiger partial charge in [-0.1, -0.05) is 30.4 Å². The van der Waals surface area contributed by atoms with Gasteiger partial charge in [0.25, 0.3) is 0 Å². The van der Waals surface area contributed by atoms with Crippen molar-refractivity contribution in [3.8, 4) is 11.5 Å². The molecule has 7 heteroatoms. The van der Waals surface area contributed by atoms with Crippen molar-refractivity contribution in [3.63, 3.8) is 0 Å². The molecule has 1 amide bonds. The molecule has 4 rings (SSSR count). The Balaban J connectivity index is 1.27. The van der Waals surface area contributed by atoms with Gasteiger partial charge in [-0.25, -0.2) is 4.79 Å². The summed E-state index contributed by atoms with van der Waals surface area (Å²) >= 11 is 0. The van der Waals surface area contributed by atoms with Crippen molar-refractivity contribution in [1.82, 2.24) is 4.90 Å². The molecule has 7 nitrogen and oxygen atoms in total. The van der Waals surface area contributed by atoms with E-state index in [4.69, 9.17) is 14.2 Å². The smallest absolute Gasteiger partial charge is 0.337 e. The predicted octanol–water partition coefficient (Wildman–Crippen LogP) is 3.29. The van der Waals surface area contributed by atoms with Crippen LogP contribution in [0.4, 0.5) is 0 Å². The van der Waals surface area contributed by atoms with Gasteiger partial charge in [0, 0.05) is 19.4 Å². The molecule has 2 aliphatic heterocycles. The summed E-state index contributed by atoms with van der Waals surface area (Å²) in [5.41, 5.74) is 2.61. The van der Waals surface area contributed by atoms with Gasteiger partial charge in [0.15, 0.2) is 11.5 Å². The van der Waals surface area contributed by atoms with Crippen molar-refractivity contribution in [1.29, 1.82) is 0 Å². The Kier molecular flexibility index (Phi) is 7.29. The van der Waals surface area contributed by atoms with Gasteiger partial charge >= 0.3 is 5.97 Å². The lowest BCUT2D eigenvalue weighted by Crippen LogP contribution is -2.33. The van der Waals surface area contributed by atoms with Gasteiger partial charge < -0.3 is 24.2 Å². The lowest BCUT2D eigenvalue weighted by molar-refractivity contribution is -0.128. The zero-order valence-corrected chi connectivity index (χ0v) is 18.7. The molecule has 2 aromatic carbocycles. The summed E-state index contributed by atoms with van der Waals surface area (Å²) in [5, 5.41) is 10.5. The maximum Gasteiger partial charge on any atom is 0.337 e. The summed E-state index contributed by atoms with van der Waals surface area (Å²) in [6, 6.07) is 13.0. The average Bonchev–Trinajstić information content (AvgIpc) is 3.44. The van der Waals surface area contributed by atoms with Gasteiger partial charge in [0.1, 0.15) is 0 Å². The van der Waals surface area contributed by atoms with E-state index in [2.05, 4.69) is 0 Å². The molecule has 0 aliphatic carbocycles. The van der Waals surface area contributed by atoms with E-state index >= 15 is 0 Å². The van der Waals surface area contributed by atoms with Gasteiger partial charge in [-0.2, -0.15) is 0 Å². The normalized spacial score (nSPS) is 18.2. The van der Waals surface area contributed by atoms with Crippen LogP contribution in [0, 0.1) is 0 Å². The molecule has 2 atom stereocenters. The first-order valence-electron chi connectivity index (χ1n) is 11.2. The molecular formula is C26H29NO6. The van der Waals surface area contributed by atoms with E-state index in [9.17, 15) is 14.7 Å². The molecule has 33 heavy (non-hydrogen) atoms. The number of aliphatic hydroxyl groups excluding tert-OH is 1. The Labute approximate surface area is 193 Å². The number of fused-ring (bicyclic) bond motifs is 1. The minimum absolute atomic E-state index is 0.00519.